The molecule has 0 saturated carbocycles. The third kappa shape index (κ3) is 6.37. The Morgan fingerprint density at radius 3 is 2.32 bits per heavy atom. The van der Waals surface area contributed by atoms with Gasteiger partial charge in [-0.2, -0.15) is 0 Å². The second kappa shape index (κ2) is 9.16. The normalized spacial score (nSPS) is 17.1. The van der Waals surface area contributed by atoms with Gasteiger partial charge < -0.3 is 9.64 Å². The first-order valence-corrected chi connectivity index (χ1v) is 8.76. The molecule has 2 rings (SSSR count). The van der Waals surface area contributed by atoms with Gasteiger partial charge in [-0.3, -0.25) is 4.90 Å². The molecule has 1 aliphatic rings. The third-order valence-electron chi connectivity index (χ3n) is 4.37. The molecule has 0 atom stereocenters. The molecule has 0 spiro atoms. The average Bonchev–Trinajstić information content (AvgIpc) is 2.50. The minimum atomic E-state index is 0.800. The highest BCUT2D eigenvalue weighted by Gasteiger charge is 2.13. The van der Waals surface area contributed by atoms with Gasteiger partial charge in [0.1, 0.15) is 5.75 Å². The number of hydrogen-bond donors (Lipinski definition) is 0. The average molecular weight is 304 g/mol. The highest BCUT2D eigenvalue weighted by molar-refractivity contribution is 5.27. The monoisotopic (exact) mass is 304 g/mol. The highest BCUT2D eigenvalue weighted by atomic mass is 16.5. The Balaban J connectivity index is 1.67. The summed E-state index contributed by atoms with van der Waals surface area (Å²) in [5.41, 5.74) is 1.39. The van der Waals surface area contributed by atoms with E-state index in [4.69, 9.17) is 4.74 Å². The number of unbranched alkanes of at least 4 members (excludes halogenated alkanes) is 1. The Bertz CT molecular complexity index is 408. The summed E-state index contributed by atoms with van der Waals surface area (Å²) in [7, 11) is 2.20. The van der Waals surface area contributed by atoms with Crippen LogP contribution in [0.2, 0.25) is 0 Å². The number of likely N-dealkylation sites (N-methyl/N-ethyl adjacent to an activating group) is 1. The van der Waals surface area contributed by atoms with Gasteiger partial charge >= 0.3 is 0 Å². The summed E-state index contributed by atoms with van der Waals surface area (Å²) in [4.78, 5) is 4.93. The van der Waals surface area contributed by atoms with Crippen LogP contribution in [0.3, 0.4) is 0 Å². The minimum Gasteiger partial charge on any atom is -0.494 e. The van der Waals surface area contributed by atoms with E-state index in [0.717, 1.165) is 31.2 Å². The van der Waals surface area contributed by atoms with Crippen molar-refractivity contribution in [1.29, 1.82) is 0 Å². The minimum absolute atomic E-state index is 0.800. The maximum absolute atomic E-state index is 5.83. The van der Waals surface area contributed by atoms with E-state index in [1.165, 1.54) is 44.6 Å². The molecule has 0 amide bonds. The summed E-state index contributed by atoms with van der Waals surface area (Å²) >= 11 is 0. The topological polar surface area (TPSA) is 15.7 Å². The standard InChI is InChI=1S/C19H32N2O/c1-17(2)6-4-5-15-22-19-9-7-18(8-10-19)16-21-13-11-20(3)12-14-21/h7-10,17H,4-6,11-16H2,1-3H3. The van der Waals surface area contributed by atoms with Gasteiger partial charge in [0.15, 0.2) is 0 Å². The lowest BCUT2D eigenvalue weighted by Gasteiger charge is -2.32. The van der Waals surface area contributed by atoms with Crippen molar-refractivity contribution in [3.63, 3.8) is 0 Å². The third-order valence-corrected chi connectivity index (χ3v) is 4.37. The molecule has 22 heavy (non-hydrogen) atoms. The summed E-state index contributed by atoms with van der Waals surface area (Å²) in [5.74, 6) is 1.81. The van der Waals surface area contributed by atoms with Gasteiger partial charge in [-0.1, -0.05) is 32.4 Å². The fourth-order valence-electron chi connectivity index (χ4n) is 2.80. The second-order valence-corrected chi connectivity index (χ2v) is 6.96. The summed E-state index contributed by atoms with van der Waals surface area (Å²) in [5, 5.41) is 0. The zero-order valence-corrected chi connectivity index (χ0v) is 14.6. The Kier molecular flexibility index (Phi) is 7.20. The van der Waals surface area contributed by atoms with E-state index in [2.05, 4.69) is 55.0 Å². The van der Waals surface area contributed by atoms with Crippen LogP contribution in [0.4, 0.5) is 0 Å². The molecule has 0 bridgehead atoms. The predicted molar refractivity (Wildman–Crippen MR) is 93.4 cm³/mol. The van der Waals surface area contributed by atoms with Crippen molar-refractivity contribution in [3.8, 4) is 5.75 Å². The number of piperazine rings is 1. The van der Waals surface area contributed by atoms with Gasteiger partial charge in [0.25, 0.3) is 0 Å². The number of nitrogens with zero attached hydrogens (tertiary/aromatic N) is 2. The van der Waals surface area contributed by atoms with Crippen LogP contribution in [0.1, 0.15) is 38.7 Å². The molecular weight excluding hydrogens is 272 g/mol. The Morgan fingerprint density at radius 1 is 1.00 bits per heavy atom. The number of hydrogen-bond acceptors (Lipinski definition) is 3. The molecule has 3 nitrogen and oxygen atoms in total. The van der Waals surface area contributed by atoms with E-state index in [0.29, 0.717) is 0 Å². The van der Waals surface area contributed by atoms with Crippen molar-refractivity contribution in [2.75, 3.05) is 39.8 Å². The van der Waals surface area contributed by atoms with Crippen LogP contribution in [0.15, 0.2) is 24.3 Å². The van der Waals surface area contributed by atoms with Crippen LogP contribution >= 0.6 is 0 Å². The van der Waals surface area contributed by atoms with Gasteiger partial charge in [0.05, 0.1) is 6.61 Å². The molecule has 0 N–H and O–H groups in total. The number of rotatable bonds is 8. The highest BCUT2D eigenvalue weighted by Crippen LogP contribution is 2.15. The van der Waals surface area contributed by atoms with Gasteiger partial charge in [-0.15, -0.1) is 0 Å². The van der Waals surface area contributed by atoms with Crippen molar-refractivity contribution >= 4 is 0 Å². The molecule has 0 unspecified atom stereocenters. The summed E-state index contributed by atoms with van der Waals surface area (Å²) in [6.45, 7) is 11.2. The molecule has 1 saturated heterocycles. The molecule has 1 heterocycles. The molecule has 0 aromatic heterocycles. The smallest absolute Gasteiger partial charge is 0.119 e. The van der Waals surface area contributed by atoms with Gasteiger partial charge in [-0.05, 0) is 43.5 Å². The predicted octanol–water partition coefficient (Wildman–Crippen LogP) is 3.64. The Hall–Kier alpha value is -1.06. The van der Waals surface area contributed by atoms with E-state index in [1.807, 2.05) is 0 Å². The van der Waals surface area contributed by atoms with Crippen molar-refractivity contribution in [2.24, 2.45) is 5.92 Å². The van der Waals surface area contributed by atoms with E-state index < -0.39 is 0 Å². The first kappa shape index (κ1) is 17.3. The fourth-order valence-corrected chi connectivity index (χ4v) is 2.80. The maximum Gasteiger partial charge on any atom is 0.119 e. The van der Waals surface area contributed by atoms with Gasteiger partial charge in [0.2, 0.25) is 0 Å². The summed E-state index contributed by atoms with van der Waals surface area (Å²) in [6.07, 6.45) is 3.72. The van der Waals surface area contributed by atoms with Crippen LogP contribution in [0.5, 0.6) is 5.75 Å². The lowest BCUT2D eigenvalue weighted by Crippen LogP contribution is -2.43. The zero-order chi connectivity index (χ0) is 15.8. The summed E-state index contributed by atoms with van der Waals surface area (Å²) in [6, 6.07) is 8.66. The first-order valence-electron chi connectivity index (χ1n) is 8.76. The van der Waals surface area contributed by atoms with E-state index >= 15 is 0 Å². The van der Waals surface area contributed by atoms with Crippen molar-refractivity contribution in [2.45, 2.75) is 39.7 Å². The van der Waals surface area contributed by atoms with Crippen LogP contribution < -0.4 is 4.74 Å². The molecule has 124 valence electrons. The lowest BCUT2D eigenvalue weighted by molar-refractivity contribution is 0.148. The molecule has 1 aliphatic heterocycles. The maximum atomic E-state index is 5.83. The number of benzene rings is 1. The molecule has 1 fully saturated rings. The van der Waals surface area contributed by atoms with Crippen LogP contribution in [0, 0.1) is 5.92 Å². The quantitative estimate of drug-likeness (QED) is 0.682. The number of ether oxygens (including phenoxy) is 1. The molecule has 3 heteroatoms. The molecule has 0 aliphatic carbocycles. The van der Waals surface area contributed by atoms with E-state index in [1.54, 1.807) is 0 Å². The van der Waals surface area contributed by atoms with Crippen LogP contribution in [0.25, 0.3) is 0 Å². The van der Waals surface area contributed by atoms with Gasteiger partial charge in [-0.25, -0.2) is 0 Å². The van der Waals surface area contributed by atoms with Crippen LogP contribution in [-0.2, 0) is 6.54 Å². The zero-order valence-electron chi connectivity index (χ0n) is 14.6. The molecule has 1 aromatic carbocycles. The van der Waals surface area contributed by atoms with Crippen molar-refractivity contribution < 1.29 is 4.74 Å². The van der Waals surface area contributed by atoms with Crippen molar-refractivity contribution in [3.05, 3.63) is 29.8 Å². The van der Waals surface area contributed by atoms with Crippen molar-refractivity contribution in [1.82, 2.24) is 9.80 Å². The fraction of sp³-hybridized carbons (Fsp3) is 0.684. The van der Waals surface area contributed by atoms with E-state index in [9.17, 15) is 0 Å². The first-order chi connectivity index (χ1) is 10.6. The van der Waals surface area contributed by atoms with Gasteiger partial charge in [0, 0.05) is 32.7 Å². The van der Waals surface area contributed by atoms with Crippen LogP contribution in [-0.4, -0.2) is 49.6 Å². The summed E-state index contributed by atoms with van der Waals surface area (Å²) < 4.78 is 5.83. The lowest BCUT2D eigenvalue weighted by atomic mass is 10.1. The Labute approximate surface area is 136 Å². The molecule has 1 aromatic rings. The molecule has 0 radical (unpaired) electrons. The Morgan fingerprint density at radius 2 is 1.68 bits per heavy atom. The molecular formula is C19H32N2O. The van der Waals surface area contributed by atoms with E-state index in [-0.39, 0.29) is 0 Å². The second-order valence-electron chi connectivity index (χ2n) is 6.96. The SMILES string of the molecule is CC(C)CCCCOc1ccc(CN2CCN(C)CC2)cc1. The largest absolute Gasteiger partial charge is 0.494 e.